The molecule has 0 bridgehead atoms. The molecule has 2 N–H and O–H groups in total. The largest absolute Gasteiger partial charge is 0.465 e. The van der Waals surface area contributed by atoms with E-state index in [4.69, 9.17) is 11.6 Å². The van der Waals surface area contributed by atoms with Gasteiger partial charge in [0.25, 0.3) is 0 Å². The maximum atomic E-state index is 11.5. The summed E-state index contributed by atoms with van der Waals surface area (Å²) in [6, 6.07) is -0.460. The Morgan fingerprint density at radius 2 is 2.22 bits per heavy atom. The number of amides is 1. The van der Waals surface area contributed by atoms with Gasteiger partial charge in [-0.1, -0.05) is 22.9 Å². The van der Waals surface area contributed by atoms with Gasteiger partial charge in [0.05, 0.1) is 7.11 Å². The summed E-state index contributed by atoms with van der Waals surface area (Å²) in [4.78, 5) is 27.0. The fourth-order valence-electron chi connectivity index (χ4n) is 1.16. The minimum atomic E-state index is -0.545. The molecule has 0 spiro atoms. The molecule has 1 heterocycles. The molecule has 1 atom stereocenters. The first-order valence-corrected chi connectivity index (χ1v) is 6.47. The highest BCUT2D eigenvalue weighted by Gasteiger charge is 2.19. The van der Waals surface area contributed by atoms with Crippen LogP contribution in [0.5, 0.6) is 0 Å². The van der Waals surface area contributed by atoms with Crippen LogP contribution in [-0.2, 0) is 9.53 Å². The van der Waals surface area contributed by atoms with Crippen molar-refractivity contribution in [1.29, 1.82) is 0 Å². The number of carbonyl (C=O) groups is 2. The number of rotatable bonds is 5. The van der Waals surface area contributed by atoms with Gasteiger partial charge in [-0.15, -0.1) is 0 Å². The number of carbonyl (C=O) groups excluding carboxylic acids is 2. The number of likely N-dealkylation sites (N-methyl/N-ethyl adjacent to an activating group) is 1. The molecule has 0 aliphatic rings. The highest BCUT2D eigenvalue weighted by molar-refractivity contribution is 7.18. The summed E-state index contributed by atoms with van der Waals surface area (Å²) >= 11 is 6.85. The average Bonchev–Trinajstić information content (AvgIpc) is 2.69. The van der Waals surface area contributed by atoms with Gasteiger partial charge in [-0.3, -0.25) is 4.79 Å². The number of methoxy groups -OCH3 is 1. The van der Waals surface area contributed by atoms with E-state index in [0.717, 1.165) is 11.3 Å². The molecular formula is C10H14ClN3O3S. The van der Waals surface area contributed by atoms with Gasteiger partial charge < -0.3 is 15.4 Å². The van der Waals surface area contributed by atoms with Crippen molar-refractivity contribution in [1.82, 2.24) is 10.3 Å². The first-order chi connectivity index (χ1) is 8.49. The van der Waals surface area contributed by atoms with Crippen LogP contribution in [0.25, 0.3) is 0 Å². The number of anilines is 1. The zero-order chi connectivity index (χ0) is 13.7. The van der Waals surface area contributed by atoms with Crippen LogP contribution in [0.15, 0.2) is 0 Å². The maximum absolute atomic E-state index is 11.5. The minimum absolute atomic E-state index is 0.0671. The Morgan fingerprint density at radius 1 is 1.56 bits per heavy atom. The van der Waals surface area contributed by atoms with E-state index in [1.807, 2.05) is 6.92 Å². The number of aromatic nitrogens is 1. The Hall–Kier alpha value is -1.34. The third-order valence-electron chi connectivity index (χ3n) is 2.04. The Balaban J connectivity index is 2.74. The molecule has 1 rings (SSSR count). The first kappa shape index (κ1) is 14.7. The van der Waals surface area contributed by atoms with Crippen molar-refractivity contribution in [2.24, 2.45) is 0 Å². The second-order valence-corrected chi connectivity index (χ2v) is 4.75. The molecule has 0 aliphatic carbocycles. The van der Waals surface area contributed by atoms with Crippen molar-refractivity contribution in [3.05, 3.63) is 10.0 Å². The standard InChI is InChI=1S/C10H14ClN3O3S/c1-4-12-8(15)5(2)13-10-14-7(11)6(18-10)9(16)17-3/h5H,4H2,1-3H3,(H,12,15)(H,13,14). The molecule has 0 aromatic carbocycles. The molecule has 0 saturated heterocycles. The van der Waals surface area contributed by atoms with Gasteiger partial charge in [0.15, 0.2) is 15.2 Å². The van der Waals surface area contributed by atoms with Gasteiger partial charge >= 0.3 is 5.97 Å². The summed E-state index contributed by atoms with van der Waals surface area (Å²) in [5, 5.41) is 6.01. The maximum Gasteiger partial charge on any atom is 0.351 e. The quantitative estimate of drug-likeness (QED) is 0.804. The highest BCUT2D eigenvalue weighted by Crippen LogP contribution is 2.27. The number of hydrogen-bond donors (Lipinski definition) is 2. The van der Waals surface area contributed by atoms with Crippen molar-refractivity contribution in [3.63, 3.8) is 0 Å². The topological polar surface area (TPSA) is 80.3 Å². The van der Waals surface area contributed by atoms with Crippen molar-refractivity contribution < 1.29 is 14.3 Å². The zero-order valence-corrected chi connectivity index (χ0v) is 11.8. The number of ether oxygens (including phenoxy) is 1. The Bertz CT molecular complexity index is 450. The molecule has 1 unspecified atom stereocenters. The number of nitrogens with one attached hydrogen (secondary N) is 2. The van der Waals surface area contributed by atoms with E-state index in [1.54, 1.807) is 6.92 Å². The second kappa shape index (κ2) is 6.55. The van der Waals surface area contributed by atoms with Crippen LogP contribution in [0.1, 0.15) is 23.5 Å². The summed E-state index contributed by atoms with van der Waals surface area (Å²) in [7, 11) is 1.27. The van der Waals surface area contributed by atoms with E-state index in [9.17, 15) is 9.59 Å². The van der Waals surface area contributed by atoms with E-state index < -0.39 is 12.0 Å². The van der Waals surface area contributed by atoms with Crippen LogP contribution < -0.4 is 10.6 Å². The van der Waals surface area contributed by atoms with Crippen LogP contribution in [0.4, 0.5) is 5.13 Å². The fraction of sp³-hybridized carbons (Fsp3) is 0.500. The van der Waals surface area contributed by atoms with Crippen molar-refractivity contribution in [2.45, 2.75) is 19.9 Å². The second-order valence-electron chi connectivity index (χ2n) is 3.39. The number of halogens is 1. The van der Waals surface area contributed by atoms with Crippen LogP contribution in [0.3, 0.4) is 0 Å². The average molecular weight is 292 g/mol. The van der Waals surface area contributed by atoms with E-state index in [-0.39, 0.29) is 15.9 Å². The lowest BCUT2D eigenvalue weighted by molar-refractivity contribution is -0.121. The van der Waals surface area contributed by atoms with Gasteiger partial charge in [-0.05, 0) is 13.8 Å². The summed E-state index contributed by atoms with van der Waals surface area (Å²) in [6.45, 7) is 4.08. The molecule has 0 aliphatic heterocycles. The molecule has 1 aromatic heterocycles. The Labute approximate surface area is 114 Å². The van der Waals surface area contributed by atoms with E-state index in [0.29, 0.717) is 11.7 Å². The molecule has 8 heteroatoms. The molecule has 1 aromatic rings. The lowest BCUT2D eigenvalue weighted by Crippen LogP contribution is -2.37. The number of hydrogen-bond acceptors (Lipinski definition) is 6. The summed E-state index contributed by atoms with van der Waals surface area (Å²) in [5.41, 5.74) is 0. The van der Waals surface area contributed by atoms with Crippen LogP contribution in [-0.4, -0.2) is 36.6 Å². The third-order valence-corrected chi connectivity index (χ3v) is 3.39. The summed E-state index contributed by atoms with van der Waals surface area (Å²) < 4.78 is 4.56. The minimum Gasteiger partial charge on any atom is -0.465 e. The number of esters is 1. The van der Waals surface area contributed by atoms with E-state index in [1.165, 1.54) is 7.11 Å². The molecule has 6 nitrogen and oxygen atoms in total. The number of nitrogens with zero attached hydrogens (tertiary/aromatic N) is 1. The van der Waals surface area contributed by atoms with E-state index >= 15 is 0 Å². The smallest absolute Gasteiger partial charge is 0.351 e. The Morgan fingerprint density at radius 3 is 2.78 bits per heavy atom. The lowest BCUT2D eigenvalue weighted by atomic mass is 10.3. The van der Waals surface area contributed by atoms with Gasteiger partial charge in [-0.2, -0.15) is 0 Å². The molecule has 1 amide bonds. The summed E-state index contributed by atoms with van der Waals surface area (Å²) in [6.07, 6.45) is 0. The molecule has 0 fully saturated rings. The molecule has 18 heavy (non-hydrogen) atoms. The van der Waals surface area contributed by atoms with Gasteiger partial charge in [0, 0.05) is 6.54 Å². The SMILES string of the molecule is CCNC(=O)C(C)Nc1nc(Cl)c(C(=O)OC)s1. The molecular weight excluding hydrogens is 278 g/mol. The van der Waals surface area contributed by atoms with Gasteiger partial charge in [0.2, 0.25) is 5.91 Å². The zero-order valence-electron chi connectivity index (χ0n) is 10.2. The monoisotopic (exact) mass is 291 g/mol. The van der Waals surface area contributed by atoms with Crippen LogP contribution >= 0.6 is 22.9 Å². The highest BCUT2D eigenvalue weighted by atomic mass is 35.5. The molecule has 0 saturated carbocycles. The summed E-state index contributed by atoms with van der Waals surface area (Å²) in [5.74, 6) is -0.695. The molecule has 100 valence electrons. The normalized spacial score (nSPS) is 11.8. The van der Waals surface area contributed by atoms with Gasteiger partial charge in [-0.25, -0.2) is 9.78 Å². The predicted octanol–water partition coefficient (Wildman–Crippen LogP) is 1.52. The lowest BCUT2D eigenvalue weighted by Gasteiger charge is -2.11. The third kappa shape index (κ3) is 3.58. The predicted molar refractivity (Wildman–Crippen MR) is 70.2 cm³/mol. The number of thiazole rings is 1. The first-order valence-electron chi connectivity index (χ1n) is 5.28. The van der Waals surface area contributed by atoms with Crippen molar-refractivity contribution in [3.8, 4) is 0 Å². The van der Waals surface area contributed by atoms with E-state index in [2.05, 4.69) is 20.4 Å². The van der Waals surface area contributed by atoms with Gasteiger partial charge in [0.1, 0.15) is 6.04 Å². The van der Waals surface area contributed by atoms with Crippen molar-refractivity contribution >= 4 is 39.9 Å². The molecule has 0 radical (unpaired) electrons. The fourth-order valence-corrected chi connectivity index (χ4v) is 2.35. The van der Waals surface area contributed by atoms with Crippen LogP contribution in [0.2, 0.25) is 5.15 Å². The van der Waals surface area contributed by atoms with Crippen LogP contribution in [0, 0.1) is 0 Å². The van der Waals surface area contributed by atoms with Crippen molar-refractivity contribution in [2.75, 3.05) is 19.0 Å². The Kier molecular flexibility index (Phi) is 5.36.